The molecule has 2 heterocycles. The summed E-state index contributed by atoms with van der Waals surface area (Å²) in [5.74, 6) is -0.835. The van der Waals surface area contributed by atoms with Gasteiger partial charge in [0.1, 0.15) is 11.6 Å². The minimum Gasteiger partial charge on any atom is -0.465 e. The minimum absolute atomic E-state index is 0.120. The molecule has 0 saturated heterocycles. The van der Waals surface area contributed by atoms with E-state index in [9.17, 15) is 14.9 Å². The van der Waals surface area contributed by atoms with Crippen LogP contribution in [0.25, 0.3) is 11.6 Å². The third-order valence-electron chi connectivity index (χ3n) is 4.20. The highest BCUT2D eigenvalue weighted by molar-refractivity contribution is 6.11. The van der Waals surface area contributed by atoms with E-state index in [4.69, 9.17) is 0 Å². The number of carbonyl (C=O) groups is 2. The van der Waals surface area contributed by atoms with E-state index in [1.807, 2.05) is 42.5 Å². The lowest BCUT2D eigenvalue weighted by atomic mass is 10.0. The molecule has 5 heteroatoms. The summed E-state index contributed by atoms with van der Waals surface area (Å²) >= 11 is 0. The Morgan fingerprint density at radius 1 is 1.12 bits per heavy atom. The number of ketones is 1. The highest BCUT2D eigenvalue weighted by atomic mass is 16.5. The summed E-state index contributed by atoms with van der Waals surface area (Å²) in [6.45, 7) is 1.81. The topological polar surface area (TPSA) is 71.6 Å². The molecule has 0 saturated carbocycles. The van der Waals surface area contributed by atoms with E-state index in [0.29, 0.717) is 22.4 Å². The number of nitrogens with zero attached hydrogens (tertiary/aromatic N) is 2. The van der Waals surface area contributed by atoms with Gasteiger partial charge in [-0.3, -0.25) is 4.79 Å². The van der Waals surface area contributed by atoms with Gasteiger partial charge in [-0.15, -0.1) is 0 Å². The predicted octanol–water partition coefficient (Wildman–Crippen LogP) is 3.56. The number of rotatable bonds is 4. The van der Waals surface area contributed by atoms with Gasteiger partial charge in [0.25, 0.3) is 0 Å². The smallest absolute Gasteiger partial charge is 0.348 e. The fourth-order valence-corrected chi connectivity index (χ4v) is 2.94. The first-order chi connectivity index (χ1) is 12.6. The normalized spacial score (nSPS) is 11.2. The third kappa shape index (κ3) is 2.89. The lowest BCUT2D eigenvalue weighted by Crippen LogP contribution is -2.06. The van der Waals surface area contributed by atoms with Crippen LogP contribution in [0.1, 0.15) is 27.2 Å². The molecule has 5 nitrogen and oxygen atoms in total. The molecule has 0 atom stereocenters. The van der Waals surface area contributed by atoms with E-state index in [-0.39, 0.29) is 11.4 Å². The molecule has 1 aromatic carbocycles. The lowest BCUT2D eigenvalue weighted by Gasteiger charge is -2.03. The van der Waals surface area contributed by atoms with Crippen LogP contribution in [0.2, 0.25) is 0 Å². The molecule has 0 fully saturated rings. The Morgan fingerprint density at radius 3 is 2.46 bits per heavy atom. The van der Waals surface area contributed by atoms with Crippen molar-refractivity contribution in [1.82, 2.24) is 4.40 Å². The standard InChI is InChI=1S/C21H16N2O3/c1-14-17(12-16(13-22)21(25)26-2)18-10-6-7-11-23(18)19(14)20(24)15-8-4-3-5-9-15/h3-12H,1-2H3/b16-12+. The highest BCUT2D eigenvalue weighted by Gasteiger charge is 2.21. The number of hydrogen-bond donors (Lipinski definition) is 0. The number of ether oxygens (including phenoxy) is 1. The maximum atomic E-state index is 13.0. The number of nitriles is 1. The Balaban J connectivity index is 2.26. The van der Waals surface area contributed by atoms with Crippen LogP contribution < -0.4 is 0 Å². The maximum Gasteiger partial charge on any atom is 0.348 e. The number of carbonyl (C=O) groups excluding carboxylic acids is 2. The number of methoxy groups -OCH3 is 1. The molecule has 2 aromatic heterocycles. The van der Waals surface area contributed by atoms with Crippen molar-refractivity contribution >= 4 is 23.3 Å². The molecule has 26 heavy (non-hydrogen) atoms. The van der Waals surface area contributed by atoms with Crippen LogP contribution in [0.3, 0.4) is 0 Å². The summed E-state index contributed by atoms with van der Waals surface area (Å²) in [5.41, 5.74) is 3.03. The number of pyridine rings is 1. The van der Waals surface area contributed by atoms with Gasteiger partial charge in [-0.1, -0.05) is 36.4 Å². The molecule has 0 aliphatic rings. The number of esters is 1. The lowest BCUT2D eigenvalue weighted by molar-refractivity contribution is -0.135. The minimum atomic E-state index is -0.710. The van der Waals surface area contributed by atoms with Crippen LogP contribution >= 0.6 is 0 Å². The van der Waals surface area contributed by atoms with Gasteiger partial charge in [-0.2, -0.15) is 5.26 Å². The fourth-order valence-electron chi connectivity index (χ4n) is 2.94. The summed E-state index contributed by atoms with van der Waals surface area (Å²) in [6.07, 6.45) is 3.26. The second kappa shape index (κ2) is 7.08. The Bertz CT molecular complexity index is 1070. The number of benzene rings is 1. The molecular weight excluding hydrogens is 328 g/mol. The van der Waals surface area contributed by atoms with Gasteiger partial charge < -0.3 is 9.14 Å². The molecule has 0 bridgehead atoms. The summed E-state index contributed by atoms with van der Waals surface area (Å²) in [6, 6.07) is 16.4. The largest absolute Gasteiger partial charge is 0.465 e. The van der Waals surface area contributed by atoms with Gasteiger partial charge >= 0.3 is 5.97 Å². The van der Waals surface area contributed by atoms with Crippen molar-refractivity contribution in [2.45, 2.75) is 6.92 Å². The number of aromatic nitrogens is 1. The molecular formula is C21H16N2O3. The van der Waals surface area contributed by atoms with Gasteiger partial charge in [0.2, 0.25) is 5.78 Å². The van der Waals surface area contributed by atoms with Crippen LogP contribution in [0.5, 0.6) is 0 Å². The van der Waals surface area contributed by atoms with E-state index >= 15 is 0 Å². The molecule has 0 aliphatic heterocycles. The van der Waals surface area contributed by atoms with Gasteiger partial charge in [0.15, 0.2) is 0 Å². The molecule has 0 aliphatic carbocycles. The first-order valence-electron chi connectivity index (χ1n) is 7.98. The van der Waals surface area contributed by atoms with E-state index in [2.05, 4.69) is 4.74 Å². The van der Waals surface area contributed by atoms with Crippen LogP contribution in [-0.4, -0.2) is 23.3 Å². The average Bonchev–Trinajstić information content (AvgIpc) is 2.97. The van der Waals surface area contributed by atoms with Crippen molar-refractivity contribution in [3.05, 3.63) is 82.7 Å². The highest BCUT2D eigenvalue weighted by Crippen LogP contribution is 2.27. The summed E-state index contributed by atoms with van der Waals surface area (Å²) in [4.78, 5) is 24.8. The SMILES string of the molecule is COC(=O)/C(C#N)=C/c1c(C)c(C(=O)c2ccccc2)n2ccccc12. The molecule has 0 spiro atoms. The quantitative estimate of drug-likeness (QED) is 0.314. The van der Waals surface area contributed by atoms with E-state index in [1.165, 1.54) is 13.2 Å². The molecule has 0 unspecified atom stereocenters. The van der Waals surface area contributed by atoms with E-state index in [1.54, 1.807) is 29.7 Å². The Labute approximate surface area is 150 Å². The van der Waals surface area contributed by atoms with Crippen molar-refractivity contribution < 1.29 is 14.3 Å². The zero-order valence-electron chi connectivity index (χ0n) is 14.4. The van der Waals surface area contributed by atoms with Gasteiger partial charge in [0.05, 0.1) is 18.3 Å². The van der Waals surface area contributed by atoms with E-state index < -0.39 is 5.97 Å². The van der Waals surface area contributed by atoms with Crippen molar-refractivity contribution in [3.8, 4) is 6.07 Å². The summed E-state index contributed by atoms with van der Waals surface area (Å²) < 4.78 is 6.43. The fraction of sp³-hybridized carbons (Fsp3) is 0.0952. The van der Waals surface area contributed by atoms with Crippen LogP contribution in [0, 0.1) is 18.3 Å². The molecule has 3 aromatic rings. The Morgan fingerprint density at radius 2 is 1.81 bits per heavy atom. The third-order valence-corrected chi connectivity index (χ3v) is 4.20. The summed E-state index contributed by atoms with van der Waals surface area (Å²) in [7, 11) is 1.22. The Hall–Kier alpha value is -3.65. The summed E-state index contributed by atoms with van der Waals surface area (Å²) in [5, 5.41) is 9.25. The van der Waals surface area contributed by atoms with Crippen molar-refractivity contribution in [2.75, 3.05) is 7.11 Å². The van der Waals surface area contributed by atoms with E-state index in [0.717, 1.165) is 5.52 Å². The first-order valence-corrected chi connectivity index (χ1v) is 7.98. The second-order valence-electron chi connectivity index (χ2n) is 5.70. The predicted molar refractivity (Wildman–Crippen MR) is 97.6 cm³/mol. The van der Waals surface area contributed by atoms with Crippen molar-refractivity contribution in [2.24, 2.45) is 0 Å². The molecule has 0 N–H and O–H groups in total. The monoisotopic (exact) mass is 344 g/mol. The molecule has 3 rings (SSSR count). The Kier molecular flexibility index (Phi) is 4.68. The number of fused-ring (bicyclic) bond motifs is 1. The van der Waals surface area contributed by atoms with Crippen LogP contribution in [0.4, 0.5) is 0 Å². The zero-order valence-corrected chi connectivity index (χ0v) is 14.4. The first kappa shape index (κ1) is 17.2. The van der Waals surface area contributed by atoms with Crippen molar-refractivity contribution in [1.29, 1.82) is 5.26 Å². The molecule has 0 amide bonds. The second-order valence-corrected chi connectivity index (χ2v) is 5.70. The van der Waals surface area contributed by atoms with Crippen molar-refractivity contribution in [3.63, 3.8) is 0 Å². The molecule has 128 valence electrons. The zero-order chi connectivity index (χ0) is 18.7. The van der Waals surface area contributed by atoms with Crippen LogP contribution in [-0.2, 0) is 9.53 Å². The number of hydrogen-bond acceptors (Lipinski definition) is 4. The average molecular weight is 344 g/mol. The maximum absolute atomic E-state index is 13.0. The van der Waals surface area contributed by atoms with Gasteiger partial charge in [0, 0.05) is 17.3 Å². The van der Waals surface area contributed by atoms with Gasteiger partial charge in [-0.25, -0.2) is 4.79 Å². The van der Waals surface area contributed by atoms with Gasteiger partial charge in [-0.05, 0) is 30.7 Å². The molecule has 0 radical (unpaired) electrons. The van der Waals surface area contributed by atoms with Crippen LogP contribution in [0.15, 0.2) is 60.3 Å².